The Morgan fingerprint density at radius 3 is 3.00 bits per heavy atom. The van der Waals surface area contributed by atoms with E-state index in [4.69, 9.17) is 0 Å². The molecule has 0 aliphatic carbocycles. The minimum absolute atomic E-state index is 0.329. The Bertz CT molecular complexity index is 579. The van der Waals surface area contributed by atoms with E-state index in [-0.39, 0.29) is 6.10 Å². The summed E-state index contributed by atoms with van der Waals surface area (Å²) < 4.78 is 2.07. The summed E-state index contributed by atoms with van der Waals surface area (Å²) in [6.45, 7) is 1.94. The number of aromatic nitrogens is 2. The van der Waals surface area contributed by atoms with Gasteiger partial charge in [0.05, 0.1) is 6.10 Å². The van der Waals surface area contributed by atoms with Crippen LogP contribution in [-0.2, 0) is 13.5 Å². The molecule has 0 saturated carbocycles. The van der Waals surface area contributed by atoms with Gasteiger partial charge in [-0.2, -0.15) is 0 Å². The molecule has 4 nitrogen and oxygen atoms in total. The van der Waals surface area contributed by atoms with E-state index in [1.807, 2.05) is 37.6 Å². The maximum atomic E-state index is 10.2. The number of aryl methyl sites for hydroxylation is 1. The zero-order valence-electron chi connectivity index (χ0n) is 11.9. The number of aliphatic hydroxyl groups excluding tert-OH is 1. The normalized spacial score (nSPS) is 18.7. The molecule has 0 spiro atoms. The molecule has 0 amide bonds. The smallest absolute Gasteiger partial charge is 0.110 e. The lowest BCUT2D eigenvalue weighted by atomic mass is 10.0. The highest BCUT2D eigenvalue weighted by molar-refractivity contribution is 5.55. The topological polar surface area (TPSA) is 41.3 Å². The molecule has 1 aliphatic heterocycles. The first-order valence-corrected chi connectivity index (χ1v) is 7.24. The van der Waals surface area contributed by atoms with Gasteiger partial charge in [0.1, 0.15) is 5.82 Å². The molecule has 20 heavy (non-hydrogen) atoms. The van der Waals surface area contributed by atoms with Crippen molar-refractivity contribution >= 4 is 5.69 Å². The minimum Gasteiger partial charge on any atom is -0.388 e. The van der Waals surface area contributed by atoms with Crippen LogP contribution < -0.4 is 4.90 Å². The van der Waals surface area contributed by atoms with Crippen molar-refractivity contribution in [3.8, 4) is 0 Å². The van der Waals surface area contributed by atoms with E-state index >= 15 is 0 Å². The number of benzene rings is 1. The molecule has 0 bridgehead atoms. The molecule has 0 fully saturated rings. The van der Waals surface area contributed by atoms with E-state index < -0.39 is 0 Å². The SMILES string of the molecule is Cn1ccnc1CCN1CCCC(O)c2ccccc21. The first-order chi connectivity index (χ1) is 9.75. The second-order valence-corrected chi connectivity index (χ2v) is 5.41. The van der Waals surface area contributed by atoms with E-state index in [1.54, 1.807) is 0 Å². The molecule has 1 atom stereocenters. The zero-order chi connectivity index (χ0) is 13.9. The van der Waals surface area contributed by atoms with Crippen LogP contribution in [0.4, 0.5) is 5.69 Å². The summed E-state index contributed by atoms with van der Waals surface area (Å²) in [5, 5.41) is 10.2. The van der Waals surface area contributed by atoms with Gasteiger partial charge in [-0.05, 0) is 18.9 Å². The molecule has 1 aromatic carbocycles. The van der Waals surface area contributed by atoms with Crippen molar-refractivity contribution < 1.29 is 5.11 Å². The molecule has 2 heterocycles. The van der Waals surface area contributed by atoms with E-state index in [2.05, 4.69) is 20.5 Å². The fraction of sp³-hybridized carbons (Fsp3) is 0.438. The summed E-state index contributed by atoms with van der Waals surface area (Å²) >= 11 is 0. The van der Waals surface area contributed by atoms with Crippen LogP contribution >= 0.6 is 0 Å². The third kappa shape index (κ3) is 2.56. The van der Waals surface area contributed by atoms with Crippen LogP contribution in [0.15, 0.2) is 36.7 Å². The maximum absolute atomic E-state index is 10.2. The summed E-state index contributed by atoms with van der Waals surface area (Å²) in [5.74, 6) is 1.10. The highest BCUT2D eigenvalue weighted by Gasteiger charge is 2.20. The number of anilines is 1. The van der Waals surface area contributed by atoms with Crippen LogP contribution in [-0.4, -0.2) is 27.7 Å². The van der Waals surface area contributed by atoms with Crippen LogP contribution in [0.2, 0.25) is 0 Å². The van der Waals surface area contributed by atoms with Crippen molar-refractivity contribution in [1.82, 2.24) is 9.55 Å². The van der Waals surface area contributed by atoms with Gasteiger partial charge in [0.15, 0.2) is 0 Å². The van der Waals surface area contributed by atoms with Crippen molar-refractivity contribution in [1.29, 1.82) is 0 Å². The van der Waals surface area contributed by atoms with Gasteiger partial charge in [-0.1, -0.05) is 18.2 Å². The monoisotopic (exact) mass is 271 g/mol. The summed E-state index contributed by atoms with van der Waals surface area (Å²) in [5.41, 5.74) is 2.23. The number of hydrogen-bond acceptors (Lipinski definition) is 3. The predicted molar refractivity (Wildman–Crippen MR) is 79.8 cm³/mol. The Balaban J connectivity index is 1.79. The second kappa shape index (κ2) is 5.67. The van der Waals surface area contributed by atoms with Gasteiger partial charge in [0, 0.05) is 50.2 Å². The second-order valence-electron chi connectivity index (χ2n) is 5.41. The lowest BCUT2D eigenvalue weighted by Gasteiger charge is -2.25. The average molecular weight is 271 g/mol. The van der Waals surface area contributed by atoms with Crippen LogP contribution in [0.25, 0.3) is 0 Å². The van der Waals surface area contributed by atoms with E-state index in [0.717, 1.165) is 43.7 Å². The summed E-state index contributed by atoms with van der Waals surface area (Å²) in [6, 6.07) is 8.20. The van der Waals surface area contributed by atoms with Crippen LogP contribution in [0, 0.1) is 0 Å². The molecule has 4 heteroatoms. The molecular weight excluding hydrogens is 250 g/mol. The first-order valence-electron chi connectivity index (χ1n) is 7.24. The molecule has 3 rings (SSSR count). The van der Waals surface area contributed by atoms with E-state index in [1.165, 1.54) is 5.69 Å². The van der Waals surface area contributed by atoms with Crippen molar-refractivity contribution in [2.45, 2.75) is 25.4 Å². The lowest BCUT2D eigenvalue weighted by molar-refractivity contribution is 0.168. The molecule has 0 saturated heterocycles. The van der Waals surface area contributed by atoms with Crippen LogP contribution in [0.1, 0.15) is 30.3 Å². The summed E-state index contributed by atoms with van der Waals surface area (Å²) in [7, 11) is 2.03. The third-order valence-corrected chi connectivity index (χ3v) is 4.07. The molecule has 1 unspecified atom stereocenters. The van der Waals surface area contributed by atoms with Crippen molar-refractivity contribution in [2.75, 3.05) is 18.0 Å². The van der Waals surface area contributed by atoms with E-state index in [9.17, 15) is 5.11 Å². The van der Waals surface area contributed by atoms with Crippen LogP contribution in [0.5, 0.6) is 0 Å². The van der Waals surface area contributed by atoms with Gasteiger partial charge >= 0.3 is 0 Å². The summed E-state index contributed by atoms with van der Waals surface area (Å²) in [4.78, 5) is 6.76. The van der Waals surface area contributed by atoms with Crippen LogP contribution in [0.3, 0.4) is 0 Å². The Kier molecular flexibility index (Phi) is 3.74. The molecule has 1 aliphatic rings. The van der Waals surface area contributed by atoms with Gasteiger partial charge < -0.3 is 14.6 Å². The quantitative estimate of drug-likeness (QED) is 0.931. The lowest BCUT2D eigenvalue weighted by Crippen LogP contribution is -2.27. The molecular formula is C16H21N3O. The highest BCUT2D eigenvalue weighted by atomic mass is 16.3. The third-order valence-electron chi connectivity index (χ3n) is 4.07. The number of imidazole rings is 1. The first kappa shape index (κ1) is 13.2. The van der Waals surface area contributed by atoms with Gasteiger partial charge in [-0.25, -0.2) is 4.98 Å². The standard InChI is InChI=1S/C16H21N3O/c1-18-12-9-17-16(18)8-11-19-10-4-7-15(20)13-5-2-3-6-14(13)19/h2-3,5-6,9,12,15,20H,4,7-8,10-11H2,1H3. The Morgan fingerprint density at radius 2 is 2.20 bits per heavy atom. The Labute approximate surface area is 119 Å². The van der Waals surface area contributed by atoms with Gasteiger partial charge in [-0.3, -0.25) is 0 Å². The van der Waals surface area contributed by atoms with Crippen molar-refractivity contribution in [3.63, 3.8) is 0 Å². The van der Waals surface area contributed by atoms with Gasteiger partial charge in [0.25, 0.3) is 0 Å². The predicted octanol–water partition coefficient (Wildman–Crippen LogP) is 2.30. The number of aliphatic hydroxyl groups is 1. The zero-order valence-corrected chi connectivity index (χ0v) is 11.9. The number of rotatable bonds is 3. The molecule has 106 valence electrons. The molecule has 1 N–H and O–H groups in total. The number of hydrogen-bond donors (Lipinski definition) is 1. The van der Waals surface area contributed by atoms with Crippen molar-refractivity contribution in [3.05, 3.63) is 48.0 Å². The van der Waals surface area contributed by atoms with Crippen molar-refractivity contribution in [2.24, 2.45) is 7.05 Å². The Hall–Kier alpha value is -1.81. The fourth-order valence-corrected chi connectivity index (χ4v) is 2.91. The maximum Gasteiger partial charge on any atom is 0.110 e. The molecule has 0 radical (unpaired) electrons. The van der Waals surface area contributed by atoms with Gasteiger partial charge in [-0.15, -0.1) is 0 Å². The number of fused-ring (bicyclic) bond motifs is 1. The average Bonchev–Trinajstić information content (AvgIpc) is 2.80. The number of para-hydroxylation sites is 1. The highest BCUT2D eigenvalue weighted by Crippen LogP contribution is 2.32. The molecule has 1 aromatic heterocycles. The fourth-order valence-electron chi connectivity index (χ4n) is 2.91. The van der Waals surface area contributed by atoms with E-state index in [0.29, 0.717) is 0 Å². The Morgan fingerprint density at radius 1 is 1.35 bits per heavy atom. The minimum atomic E-state index is -0.329. The largest absolute Gasteiger partial charge is 0.388 e. The van der Waals surface area contributed by atoms with Gasteiger partial charge in [0.2, 0.25) is 0 Å². The number of nitrogens with zero attached hydrogens (tertiary/aromatic N) is 3. The summed E-state index contributed by atoms with van der Waals surface area (Å²) in [6.07, 6.45) is 6.29. The molecule has 2 aromatic rings.